The molecule has 4 rings (SSSR count). The van der Waals surface area contributed by atoms with E-state index in [9.17, 15) is 4.79 Å². The molecule has 0 radical (unpaired) electrons. The fourth-order valence-corrected chi connectivity index (χ4v) is 3.86. The molecule has 1 aliphatic rings. The molecule has 2 N–H and O–H groups in total. The van der Waals surface area contributed by atoms with Crippen molar-refractivity contribution >= 4 is 17.3 Å². The van der Waals surface area contributed by atoms with Crippen LogP contribution in [-0.2, 0) is 6.42 Å². The number of piperazine rings is 1. The normalized spacial score (nSPS) is 14.6. The first-order valence-electron chi connectivity index (χ1n) is 11.0. The molecule has 0 saturated carbocycles. The van der Waals surface area contributed by atoms with Gasteiger partial charge in [0.1, 0.15) is 11.4 Å². The molecular formula is C24H30N6O2. The zero-order valence-electron chi connectivity index (χ0n) is 18.8. The van der Waals surface area contributed by atoms with Gasteiger partial charge < -0.3 is 15.0 Å². The monoisotopic (exact) mass is 434 g/mol. The van der Waals surface area contributed by atoms with E-state index in [2.05, 4.69) is 56.3 Å². The summed E-state index contributed by atoms with van der Waals surface area (Å²) in [5.41, 5.74) is 3.14. The number of ether oxygens (including phenoxy) is 1. The Morgan fingerprint density at radius 2 is 1.69 bits per heavy atom. The van der Waals surface area contributed by atoms with Crippen LogP contribution in [-0.4, -0.2) is 59.4 Å². The predicted octanol–water partition coefficient (Wildman–Crippen LogP) is 3.04. The summed E-state index contributed by atoms with van der Waals surface area (Å²) >= 11 is 0. The number of aromatic nitrogens is 3. The molecule has 2 heterocycles. The molecule has 3 aromatic rings. The maximum atomic E-state index is 12.5. The molecule has 0 aliphatic carbocycles. The van der Waals surface area contributed by atoms with Crippen molar-refractivity contribution in [1.29, 1.82) is 0 Å². The summed E-state index contributed by atoms with van der Waals surface area (Å²) < 4.78 is 5.16. The first-order chi connectivity index (χ1) is 15.5. The molecule has 8 nitrogen and oxygen atoms in total. The van der Waals surface area contributed by atoms with Crippen LogP contribution < -0.4 is 20.5 Å². The highest BCUT2D eigenvalue weighted by atomic mass is 16.5. The van der Waals surface area contributed by atoms with Crippen molar-refractivity contribution < 1.29 is 4.74 Å². The third-order valence-corrected chi connectivity index (χ3v) is 5.84. The highest BCUT2D eigenvalue weighted by molar-refractivity contribution is 5.59. The van der Waals surface area contributed by atoms with Gasteiger partial charge in [-0.1, -0.05) is 12.1 Å². The third-order valence-electron chi connectivity index (χ3n) is 5.84. The molecule has 0 spiro atoms. The zero-order chi connectivity index (χ0) is 22.5. The van der Waals surface area contributed by atoms with Crippen molar-refractivity contribution in [1.82, 2.24) is 20.1 Å². The third kappa shape index (κ3) is 5.26. The lowest BCUT2D eigenvalue weighted by molar-refractivity contribution is 0.209. The molecule has 2 aromatic carbocycles. The highest BCUT2D eigenvalue weighted by Gasteiger charge is 2.18. The largest absolute Gasteiger partial charge is 0.497 e. The lowest BCUT2D eigenvalue weighted by Crippen LogP contribution is -2.48. The van der Waals surface area contributed by atoms with Gasteiger partial charge in [-0.15, -0.1) is 10.2 Å². The number of benzene rings is 2. The number of methoxy groups -OCH3 is 1. The minimum Gasteiger partial charge on any atom is -0.497 e. The summed E-state index contributed by atoms with van der Waals surface area (Å²) in [6.45, 7) is 8.71. The van der Waals surface area contributed by atoms with Gasteiger partial charge in [0.05, 0.1) is 7.11 Å². The summed E-state index contributed by atoms with van der Waals surface area (Å²) in [5, 5.41) is 11.4. The van der Waals surface area contributed by atoms with Crippen LogP contribution in [0.25, 0.3) is 0 Å². The molecule has 168 valence electrons. The molecule has 32 heavy (non-hydrogen) atoms. The van der Waals surface area contributed by atoms with Gasteiger partial charge in [0.15, 0.2) is 0 Å². The van der Waals surface area contributed by atoms with Gasteiger partial charge in [0.25, 0.3) is 5.56 Å². The van der Waals surface area contributed by atoms with Gasteiger partial charge in [0.2, 0.25) is 5.95 Å². The van der Waals surface area contributed by atoms with Crippen molar-refractivity contribution in [2.45, 2.75) is 26.3 Å². The van der Waals surface area contributed by atoms with Crippen molar-refractivity contribution in [2.75, 3.05) is 43.5 Å². The van der Waals surface area contributed by atoms with Crippen LogP contribution in [0.3, 0.4) is 0 Å². The molecule has 1 fully saturated rings. The van der Waals surface area contributed by atoms with Crippen LogP contribution in [0.2, 0.25) is 0 Å². The Hall–Kier alpha value is -3.39. The predicted molar refractivity (Wildman–Crippen MR) is 127 cm³/mol. The Morgan fingerprint density at radius 3 is 2.28 bits per heavy atom. The van der Waals surface area contributed by atoms with Crippen molar-refractivity contribution in [3.63, 3.8) is 0 Å². The Morgan fingerprint density at radius 1 is 1.00 bits per heavy atom. The molecule has 1 saturated heterocycles. The summed E-state index contributed by atoms with van der Waals surface area (Å²) in [7, 11) is 1.62. The molecular weight excluding hydrogens is 404 g/mol. The Balaban J connectivity index is 1.36. The van der Waals surface area contributed by atoms with Crippen LogP contribution in [0.4, 0.5) is 17.3 Å². The molecule has 0 atom stereocenters. The summed E-state index contributed by atoms with van der Waals surface area (Å²) in [6.07, 6.45) is 0.408. The average molecular weight is 435 g/mol. The van der Waals surface area contributed by atoms with Gasteiger partial charge in [-0.25, -0.2) is 0 Å². The number of anilines is 3. The van der Waals surface area contributed by atoms with Crippen LogP contribution in [0, 0.1) is 0 Å². The van der Waals surface area contributed by atoms with Crippen LogP contribution in [0.15, 0.2) is 53.3 Å². The number of nitrogens with one attached hydrogen (secondary N) is 2. The number of nitrogens with zero attached hydrogens (tertiary/aromatic N) is 4. The molecule has 1 aromatic heterocycles. The molecule has 0 unspecified atom stereocenters. The number of aromatic amines is 1. The number of hydrogen-bond acceptors (Lipinski definition) is 7. The van der Waals surface area contributed by atoms with Gasteiger partial charge in [-0.2, -0.15) is 0 Å². The molecule has 8 heteroatoms. The second-order valence-electron chi connectivity index (χ2n) is 8.26. The molecule has 0 bridgehead atoms. The van der Waals surface area contributed by atoms with Gasteiger partial charge in [-0.05, 0) is 55.8 Å². The Bertz CT molecular complexity index is 1070. The summed E-state index contributed by atoms with van der Waals surface area (Å²) in [6, 6.07) is 16.3. The topological polar surface area (TPSA) is 86.4 Å². The minimum absolute atomic E-state index is 0.252. The number of hydrogen-bond donors (Lipinski definition) is 2. The van der Waals surface area contributed by atoms with Crippen LogP contribution in [0.1, 0.15) is 25.1 Å². The van der Waals surface area contributed by atoms with E-state index < -0.39 is 0 Å². The average Bonchev–Trinajstić information content (AvgIpc) is 2.82. The van der Waals surface area contributed by atoms with E-state index in [1.54, 1.807) is 7.11 Å². The van der Waals surface area contributed by atoms with E-state index in [1.165, 1.54) is 5.69 Å². The smallest absolute Gasteiger partial charge is 0.274 e. The van der Waals surface area contributed by atoms with Crippen molar-refractivity contribution in [2.24, 2.45) is 0 Å². The maximum Gasteiger partial charge on any atom is 0.274 e. The zero-order valence-corrected chi connectivity index (χ0v) is 18.8. The van der Waals surface area contributed by atoms with E-state index >= 15 is 0 Å². The standard InChI is InChI=1S/C24H30N6O2/c1-17(2)29-12-14-30(15-13-29)20-8-6-19(7-9-20)25-24-26-23(31)22(27-28-24)16-18-4-10-21(32-3)11-5-18/h4-11,17H,12-16H2,1-3H3,(H2,25,26,28,31). The SMILES string of the molecule is COc1ccc(Cc2nnc(Nc3ccc(N4CCN(C(C)C)CC4)cc3)[nH]c2=O)cc1. The van der Waals surface area contributed by atoms with E-state index in [0.717, 1.165) is 43.2 Å². The quantitative estimate of drug-likeness (QED) is 0.591. The van der Waals surface area contributed by atoms with E-state index in [4.69, 9.17) is 4.74 Å². The van der Waals surface area contributed by atoms with E-state index in [0.29, 0.717) is 24.1 Å². The maximum absolute atomic E-state index is 12.5. The summed E-state index contributed by atoms with van der Waals surface area (Å²) in [4.78, 5) is 20.1. The number of H-pyrrole nitrogens is 1. The van der Waals surface area contributed by atoms with Crippen LogP contribution >= 0.6 is 0 Å². The minimum atomic E-state index is -0.252. The molecule has 0 amide bonds. The van der Waals surface area contributed by atoms with Gasteiger partial charge in [-0.3, -0.25) is 14.7 Å². The fraction of sp³-hybridized carbons (Fsp3) is 0.375. The lowest BCUT2D eigenvalue weighted by Gasteiger charge is -2.38. The second kappa shape index (κ2) is 9.82. The lowest BCUT2D eigenvalue weighted by atomic mass is 10.1. The fourth-order valence-electron chi connectivity index (χ4n) is 3.86. The Kier molecular flexibility index (Phi) is 6.70. The summed E-state index contributed by atoms with van der Waals surface area (Å²) in [5.74, 6) is 1.10. The highest BCUT2D eigenvalue weighted by Crippen LogP contribution is 2.21. The Labute approximate surface area is 188 Å². The second-order valence-corrected chi connectivity index (χ2v) is 8.26. The first kappa shape index (κ1) is 21.8. The van der Waals surface area contributed by atoms with E-state index in [-0.39, 0.29) is 5.56 Å². The van der Waals surface area contributed by atoms with Crippen molar-refractivity contribution in [3.8, 4) is 5.75 Å². The van der Waals surface area contributed by atoms with E-state index in [1.807, 2.05) is 36.4 Å². The van der Waals surface area contributed by atoms with Crippen LogP contribution in [0.5, 0.6) is 5.75 Å². The first-order valence-corrected chi connectivity index (χ1v) is 11.0. The van der Waals surface area contributed by atoms with Crippen molar-refractivity contribution in [3.05, 3.63) is 70.1 Å². The van der Waals surface area contributed by atoms with Gasteiger partial charge in [0, 0.05) is 50.0 Å². The van der Waals surface area contributed by atoms with Gasteiger partial charge >= 0.3 is 0 Å². The molecule has 1 aliphatic heterocycles. The number of rotatable bonds is 7.